The molecule has 152 valence electrons. The number of fused-ring (bicyclic) bond motifs is 1. The first-order valence-corrected chi connectivity index (χ1v) is 9.68. The van der Waals surface area contributed by atoms with Gasteiger partial charge in [-0.05, 0) is 36.6 Å². The number of ether oxygens (including phenoxy) is 2. The topological polar surface area (TPSA) is 80.4 Å². The largest absolute Gasteiger partial charge is 0.496 e. The molecule has 0 bridgehead atoms. The Hall–Kier alpha value is -3.28. The highest BCUT2D eigenvalue weighted by Gasteiger charge is 2.18. The summed E-state index contributed by atoms with van der Waals surface area (Å²) in [5, 5.41) is 3.73. The standard InChI is InChI=1S/C23H26N2O4/c1-4-17(15-8-6-5-7-9-15)23(27)24-13-12-16-14-18-19(28-2)10-11-20(29-3)21(18)25-22(16)26/h5-11,14,17H,4,12-13H2,1-3H3,(H,24,27)(H,25,26). The molecule has 1 unspecified atom stereocenters. The number of hydrogen-bond acceptors (Lipinski definition) is 4. The van der Waals surface area contributed by atoms with Gasteiger partial charge < -0.3 is 19.8 Å². The first-order chi connectivity index (χ1) is 14.1. The van der Waals surface area contributed by atoms with E-state index in [-0.39, 0.29) is 17.4 Å². The average Bonchev–Trinajstić information content (AvgIpc) is 2.74. The highest BCUT2D eigenvalue weighted by Crippen LogP contribution is 2.31. The second-order valence-electron chi connectivity index (χ2n) is 6.80. The van der Waals surface area contributed by atoms with Gasteiger partial charge in [-0.25, -0.2) is 0 Å². The summed E-state index contributed by atoms with van der Waals surface area (Å²) in [4.78, 5) is 28.0. The number of nitrogens with one attached hydrogen (secondary N) is 2. The molecule has 6 heteroatoms. The van der Waals surface area contributed by atoms with Crippen molar-refractivity contribution in [2.45, 2.75) is 25.7 Å². The van der Waals surface area contributed by atoms with Crippen LogP contribution in [0.1, 0.15) is 30.4 Å². The fourth-order valence-corrected chi connectivity index (χ4v) is 3.52. The van der Waals surface area contributed by atoms with Gasteiger partial charge in [0.2, 0.25) is 5.91 Å². The second-order valence-corrected chi connectivity index (χ2v) is 6.80. The molecule has 0 radical (unpaired) electrons. The third kappa shape index (κ3) is 4.42. The van der Waals surface area contributed by atoms with Crippen molar-refractivity contribution in [1.29, 1.82) is 0 Å². The predicted molar refractivity (Wildman–Crippen MR) is 114 cm³/mol. The number of amides is 1. The molecule has 29 heavy (non-hydrogen) atoms. The van der Waals surface area contributed by atoms with Gasteiger partial charge in [0, 0.05) is 17.5 Å². The summed E-state index contributed by atoms with van der Waals surface area (Å²) in [7, 11) is 3.14. The van der Waals surface area contributed by atoms with E-state index in [4.69, 9.17) is 9.47 Å². The molecule has 0 aliphatic carbocycles. The molecule has 0 saturated heterocycles. The number of pyridine rings is 1. The first kappa shape index (κ1) is 20.5. The second kappa shape index (κ2) is 9.28. The molecule has 3 rings (SSSR count). The maximum absolute atomic E-state index is 12.6. The molecule has 6 nitrogen and oxygen atoms in total. The van der Waals surface area contributed by atoms with E-state index in [0.29, 0.717) is 42.0 Å². The zero-order valence-corrected chi connectivity index (χ0v) is 17.0. The van der Waals surface area contributed by atoms with E-state index >= 15 is 0 Å². The van der Waals surface area contributed by atoms with E-state index in [9.17, 15) is 9.59 Å². The molecule has 1 amide bonds. The quantitative estimate of drug-likeness (QED) is 0.614. The average molecular weight is 394 g/mol. The first-order valence-electron chi connectivity index (χ1n) is 9.68. The van der Waals surface area contributed by atoms with Crippen molar-refractivity contribution in [3.05, 3.63) is 70.0 Å². The number of H-pyrrole nitrogens is 1. The minimum atomic E-state index is -0.201. The van der Waals surface area contributed by atoms with E-state index in [1.54, 1.807) is 32.4 Å². The number of methoxy groups -OCH3 is 2. The van der Waals surface area contributed by atoms with E-state index < -0.39 is 0 Å². The monoisotopic (exact) mass is 394 g/mol. The highest BCUT2D eigenvalue weighted by atomic mass is 16.5. The number of carbonyl (C=O) groups excluding carboxylic acids is 1. The lowest BCUT2D eigenvalue weighted by Crippen LogP contribution is -2.31. The zero-order valence-electron chi connectivity index (χ0n) is 17.0. The lowest BCUT2D eigenvalue weighted by molar-refractivity contribution is -0.122. The van der Waals surface area contributed by atoms with Gasteiger partial charge in [-0.15, -0.1) is 0 Å². The van der Waals surface area contributed by atoms with Crippen LogP contribution in [0.3, 0.4) is 0 Å². The van der Waals surface area contributed by atoms with Gasteiger partial charge in [0.15, 0.2) is 0 Å². The molecule has 1 aromatic heterocycles. The van der Waals surface area contributed by atoms with Crippen LogP contribution in [0.25, 0.3) is 10.9 Å². The molecule has 0 spiro atoms. The molecule has 0 saturated carbocycles. The molecule has 3 aromatic rings. The van der Waals surface area contributed by atoms with Gasteiger partial charge in [-0.2, -0.15) is 0 Å². The number of rotatable bonds is 8. The van der Waals surface area contributed by atoms with Crippen molar-refractivity contribution in [3.8, 4) is 11.5 Å². The van der Waals surface area contributed by atoms with Crippen LogP contribution in [0.2, 0.25) is 0 Å². The number of benzene rings is 2. The third-order valence-corrected chi connectivity index (χ3v) is 5.08. The lowest BCUT2D eigenvalue weighted by Gasteiger charge is -2.15. The Kier molecular flexibility index (Phi) is 6.54. The van der Waals surface area contributed by atoms with Gasteiger partial charge in [0.05, 0.1) is 25.7 Å². The Morgan fingerprint density at radius 3 is 2.41 bits per heavy atom. The third-order valence-electron chi connectivity index (χ3n) is 5.08. The van der Waals surface area contributed by atoms with Gasteiger partial charge in [-0.3, -0.25) is 9.59 Å². The molecular weight excluding hydrogens is 368 g/mol. The van der Waals surface area contributed by atoms with E-state index in [1.165, 1.54) is 0 Å². The number of aromatic nitrogens is 1. The van der Waals surface area contributed by atoms with Crippen LogP contribution in [0.5, 0.6) is 11.5 Å². The Balaban J connectivity index is 1.76. The fraction of sp³-hybridized carbons (Fsp3) is 0.304. The van der Waals surface area contributed by atoms with Crippen molar-refractivity contribution < 1.29 is 14.3 Å². The van der Waals surface area contributed by atoms with E-state index in [2.05, 4.69) is 10.3 Å². The predicted octanol–water partition coefficient (Wildman–Crippen LogP) is 3.40. The molecule has 1 heterocycles. The summed E-state index contributed by atoms with van der Waals surface area (Å²) in [6, 6.07) is 15.1. The summed E-state index contributed by atoms with van der Waals surface area (Å²) < 4.78 is 10.7. The van der Waals surface area contributed by atoms with Crippen LogP contribution in [-0.4, -0.2) is 31.7 Å². The molecule has 2 aromatic carbocycles. The van der Waals surface area contributed by atoms with Gasteiger partial charge in [0.1, 0.15) is 11.5 Å². The van der Waals surface area contributed by atoms with Crippen molar-refractivity contribution in [3.63, 3.8) is 0 Å². The summed E-state index contributed by atoms with van der Waals surface area (Å²) >= 11 is 0. The van der Waals surface area contributed by atoms with Gasteiger partial charge in [0.25, 0.3) is 5.56 Å². The van der Waals surface area contributed by atoms with Crippen molar-refractivity contribution in [1.82, 2.24) is 10.3 Å². The normalized spacial score (nSPS) is 11.8. The van der Waals surface area contributed by atoms with Crippen molar-refractivity contribution >= 4 is 16.8 Å². The fourth-order valence-electron chi connectivity index (χ4n) is 3.52. The minimum Gasteiger partial charge on any atom is -0.496 e. The summed E-state index contributed by atoms with van der Waals surface area (Å²) in [6.45, 7) is 2.37. The van der Waals surface area contributed by atoms with E-state index in [0.717, 1.165) is 10.9 Å². The maximum Gasteiger partial charge on any atom is 0.251 e. The zero-order chi connectivity index (χ0) is 20.8. The van der Waals surface area contributed by atoms with Gasteiger partial charge >= 0.3 is 0 Å². The molecular formula is C23H26N2O4. The van der Waals surface area contributed by atoms with Crippen LogP contribution in [-0.2, 0) is 11.2 Å². The Bertz CT molecular complexity index is 1040. The van der Waals surface area contributed by atoms with Crippen LogP contribution in [0, 0.1) is 0 Å². The van der Waals surface area contributed by atoms with Gasteiger partial charge in [-0.1, -0.05) is 37.3 Å². The molecule has 0 aliphatic heterocycles. The smallest absolute Gasteiger partial charge is 0.251 e. The maximum atomic E-state index is 12.6. The Morgan fingerprint density at radius 1 is 1.07 bits per heavy atom. The number of aromatic amines is 1. The number of carbonyl (C=O) groups is 1. The van der Waals surface area contributed by atoms with Crippen LogP contribution >= 0.6 is 0 Å². The van der Waals surface area contributed by atoms with Crippen LogP contribution in [0.15, 0.2) is 53.3 Å². The molecule has 0 aliphatic rings. The highest BCUT2D eigenvalue weighted by molar-refractivity contribution is 5.90. The molecule has 2 N–H and O–H groups in total. The summed E-state index contributed by atoms with van der Waals surface area (Å²) in [6.07, 6.45) is 1.13. The minimum absolute atomic E-state index is 0.0323. The molecule has 0 fully saturated rings. The van der Waals surface area contributed by atoms with Crippen LogP contribution < -0.4 is 20.3 Å². The Morgan fingerprint density at radius 2 is 1.76 bits per heavy atom. The lowest BCUT2D eigenvalue weighted by atomic mass is 9.95. The van der Waals surface area contributed by atoms with Crippen LogP contribution in [0.4, 0.5) is 0 Å². The van der Waals surface area contributed by atoms with Crippen molar-refractivity contribution in [2.75, 3.05) is 20.8 Å². The SMILES string of the molecule is CCC(C(=O)NCCc1cc2c(OC)ccc(OC)c2[nH]c1=O)c1ccccc1. The summed E-state index contributed by atoms with van der Waals surface area (Å²) in [5.41, 5.74) is 1.97. The number of hydrogen-bond donors (Lipinski definition) is 2. The molecule has 1 atom stereocenters. The van der Waals surface area contributed by atoms with E-state index in [1.807, 2.05) is 37.3 Å². The summed E-state index contributed by atoms with van der Waals surface area (Å²) in [5.74, 6) is 0.995. The van der Waals surface area contributed by atoms with Crippen molar-refractivity contribution in [2.24, 2.45) is 0 Å². The Labute approximate surface area is 169 Å².